The van der Waals surface area contributed by atoms with E-state index in [4.69, 9.17) is 0 Å². The predicted octanol–water partition coefficient (Wildman–Crippen LogP) is 5.78. The second-order valence-electron chi connectivity index (χ2n) is 8.45. The molecule has 0 spiro atoms. The maximum absolute atomic E-state index is 13.4. The molecule has 1 N–H and O–H groups in total. The molecule has 0 radical (unpaired) electrons. The van der Waals surface area contributed by atoms with Crippen LogP contribution in [0.5, 0.6) is 0 Å². The molecule has 0 unspecified atom stereocenters. The zero-order valence-electron chi connectivity index (χ0n) is 17.0. The molecular formula is C25H25FN2O. The first-order valence-electron chi connectivity index (χ1n) is 9.98. The van der Waals surface area contributed by atoms with Crippen molar-refractivity contribution in [1.82, 2.24) is 10.3 Å². The lowest BCUT2D eigenvalue weighted by Crippen LogP contribution is -2.45. The zero-order valence-corrected chi connectivity index (χ0v) is 17.0. The van der Waals surface area contributed by atoms with Gasteiger partial charge >= 0.3 is 0 Å². The van der Waals surface area contributed by atoms with Gasteiger partial charge in [-0.15, -0.1) is 0 Å². The number of carbonyl (C=O) groups is 1. The van der Waals surface area contributed by atoms with Gasteiger partial charge in [0.1, 0.15) is 5.82 Å². The minimum atomic E-state index is -0.280. The number of rotatable bonds is 5. The Morgan fingerprint density at radius 1 is 1.03 bits per heavy atom. The third-order valence-corrected chi connectivity index (χ3v) is 5.76. The van der Waals surface area contributed by atoms with Gasteiger partial charge in [0.2, 0.25) is 0 Å². The summed E-state index contributed by atoms with van der Waals surface area (Å²) in [5.74, 6) is 0.164. The molecule has 1 aliphatic carbocycles. The molecule has 1 amide bonds. The van der Waals surface area contributed by atoms with Crippen LogP contribution in [0.25, 0.3) is 22.3 Å². The van der Waals surface area contributed by atoms with Crippen LogP contribution in [0.2, 0.25) is 0 Å². The number of amides is 1. The lowest BCUT2D eigenvalue weighted by atomic mass is 9.93. The van der Waals surface area contributed by atoms with Crippen molar-refractivity contribution in [2.75, 3.05) is 0 Å². The first-order chi connectivity index (χ1) is 13.8. The number of hydrogen-bond acceptors (Lipinski definition) is 2. The molecular weight excluding hydrogens is 363 g/mol. The summed E-state index contributed by atoms with van der Waals surface area (Å²) in [6, 6.07) is 14.1. The molecule has 4 heteroatoms. The van der Waals surface area contributed by atoms with Crippen molar-refractivity contribution in [2.45, 2.75) is 39.2 Å². The normalized spacial score (nSPS) is 13.9. The monoisotopic (exact) mass is 388 g/mol. The van der Waals surface area contributed by atoms with E-state index in [1.165, 1.54) is 12.1 Å². The molecule has 0 aliphatic heterocycles. The van der Waals surface area contributed by atoms with E-state index in [0.29, 0.717) is 11.5 Å². The van der Waals surface area contributed by atoms with Gasteiger partial charge in [0.05, 0.1) is 0 Å². The summed E-state index contributed by atoms with van der Waals surface area (Å²) in [5.41, 5.74) is 5.09. The summed E-state index contributed by atoms with van der Waals surface area (Å²) < 4.78 is 13.4. The van der Waals surface area contributed by atoms with Crippen LogP contribution in [0, 0.1) is 18.7 Å². The van der Waals surface area contributed by atoms with Gasteiger partial charge in [0.15, 0.2) is 0 Å². The van der Waals surface area contributed by atoms with Crippen molar-refractivity contribution >= 4 is 5.91 Å². The summed E-state index contributed by atoms with van der Waals surface area (Å²) in [6.07, 6.45) is 5.88. The number of nitrogens with zero attached hydrogens (tertiary/aromatic N) is 1. The number of nitrogens with one attached hydrogen (secondary N) is 1. The lowest BCUT2D eigenvalue weighted by Gasteiger charge is -2.26. The van der Waals surface area contributed by atoms with Crippen LogP contribution in [0.4, 0.5) is 4.39 Å². The average Bonchev–Trinajstić information content (AvgIpc) is 3.54. The minimum absolute atomic E-state index is 0.0892. The van der Waals surface area contributed by atoms with Crippen LogP contribution in [0.3, 0.4) is 0 Å². The Kier molecular flexibility index (Phi) is 4.95. The molecule has 0 atom stereocenters. The van der Waals surface area contributed by atoms with Crippen molar-refractivity contribution in [3.63, 3.8) is 0 Å². The molecule has 1 saturated carbocycles. The van der Waals surface area contributed by atoms with Crippen LogP contribution < -0.4 is 5.32 Å². The molecule has 1 heterocycles. The number of aryl methyl sites for hydroxylation is 1. The van der Waals surface area contributed by atoms with Crippen molar-refractivity contribution in [2.24, 2.45) is 5.92 Å². The summed E-state index contributed by atoms with van der Waals surface area (Å²) in [5, 5.41) is 3.20. The SMILES string of the molecule is Cc1ccncc1-c1cc(C(=O)NC(C)(C)C2CC2)cc(-c2ccc(F)cc2)c1. The Bertz CT molecular complexity index is 1050. The fourth-order valence-electron chi connectivity index (χ4n) is 3.76. The van der Waals surface area contributed by atoms with E-state index in [-0.39, 0.29) is 17.3 Å². The van der Waals surface area contributed by atoms with Gasteiger partial charge in [-0.2, -0.15) is 0 Å². The molecule has 2 aromatic carbocycles. The summed E-state index contributed by atoms with van der Waals surface area (Å²) in [4.78, 5) is 17.4. The van der Waals surface area contributed by atoms with Gasteiger partial charge in [-0.3, -0.25) is 9.78 Å². The Balaban J connectivity index is 1.78. The number of aromatic nitrogens is 1. The lowest BCUT2D eigenvalue weighted by molar-refractivity contribution is 0.0903. The van der Waals surface area contributed by atoms with E-state index < -0.39 is 0 Å². The van der Waals surface area contributed by atoms with Gasteiger partial charge in [-0.25, -0.2) is 4.39 Å². The van der Waals surface area contributed by atoms with E-state index in [1.54, 1.807) is 18.3 Å². The van der Waals surface area contributed by atoms with Crippen molar-refractivity contribution in [3.05, 3.63) is 77.9 Å². The Hall–Kier alpha value is -3.01. The van der Waals surface area contributed by atoms with Crippen molar-refractivity contribution in [3.8, 4) is 22.3 Å². The van der Waals surface area contributed by atoms with E-state index in [9.17, 15) is 9.18 Å². The molecule has 0 bridgehead atoms. The smallest absolute Gasteiger partial charge is 0.251 e. The first kappa shape index (κ1) is 19.3. The van der Waals surface area contributed by atoms with E-state index >= 15 is 0 Å². The molecule has 0 saturated heterocycles. The molecule has 1 aliphatic rings. The molecule has 4 rings (SSSR count). The fraction of sp³-hybridized carbons (Fsp3) is 0.280. The van der Waals surface area contributed by atoms with Gasteiger partial charge in [0.25, 0.3) is 5.91 Å². The van der Waals surface area contributed by atoms with E-state index in [1.807, 2.05) is 37.4 Å². The van der Waals surface area contributed by atoms with Crippen LogP contribution in [0.1, 0.15) is 42.6 Å². The summed E-state index contributed by atoms with van der Waals surface area (Å²) >= 11 is 0. The quantitative estimate of drug-likeness (QED) is 0.602. The molecule has 1 aromatic heterocycles. The predicted molar refractivity (Wildman–Crippen MR) is 114 cm³/mol. The Morgan fingerprint density at radius 2 is 1.72 bits per heavy atom. The maximum atomic E-state index is 13.4. The van der Waals surface area contributed by atoms with Gasteiger partial charge in [-0.1, -0.05) is 12.1 Å². The van der Waals surface area contributed by atoms with Crippen LogP contribution >= 0.6 is 0 Å². The van der Waals surface area contributed by atoms with Crippen LogP contribution in [-0.2, 0) is 0 Å². The highest BCUT2D eigenvalue weighted by Gasteiger charge is 2.38. The number of halogens is 1. The zero-order chi connectivity index (χ0) is 20.6. The van der Waals surface area contributed by atoms with E-state index in [0.717, 1.165) is 40.7 Å². The maximum Gasteiger partial charge on any atom is 0.251 e. The second kappa shape index (κ2) is 7.43. The second-order valence-corrected chi connectivity index (χ2v) is 8.45. The van der Waals surface area contributed by atoms with E-state index in [2.05, 4.69) is 24.1 Å². The Labute approximate surface area is 171 Å². The standard InChI is InChI=1S/C25H25FN2O/c1-16-10-11-27-15-23(16)19-12-18(17-4-8-22(26)9-5-17)13-20(14-19)24(29)28-25(2,3)21-6-7-21/h4-5,8-15,21H,6-7H2,1-3H3,(H,28,29). The fourth-order valence-corrected chi connectivity index (χ4v) is 3.76. The van der Waals surface area contributed by atoms with Crippen molar-refractivity contribution in [1.29, 1.82) is 0 Å². The molecule has 3 aromatic rings. The van der Waals surface area contributed by atoms with Crippen LogP contribution in [-0.4, -0.2) is 16.4 Å². The van der Waals surface area contributed by atoms with Gasteiger partial charge in [-0.05, 0) is 98.2 Å². The summed E-state index contributed by atoms with van der Waals surface area (Å²) in [6.45, 7) is 6.19. The third-order valence-electron chi connectivity index (χ3n) is 5.76. The number of benzene rings is 2. The minimum Gasteiger partial charge on any atom is -0.347 e. The first-order valence-corrected chi connectivity index (χ1v) is 9.98. The Morgan fingerprint density at radius 3 is 2.38 bits per heavy atom. The van der Waals surface area contributed by atoms with Gasteiger partial charge < -0.3 is 5.32 Å². The topological polar surface area (TPSA) is 42.0 Å². The third kappa shape index (κ3) is 4.21. The average molecular weight is 388 g/mol. The summed E-state index contributed by atoms with van der Waals surface area (Å²) in [7, 11) is 0. The van der Waals surface area contributed by atoms with Gasteiger partial charge in [0, 0.05) is 29.1 Å². The molecule has 1 fully saturated rings. The number of carbonyl (C=O) groups excluding carboxylic acids is 1. The highest BCUT2D eigenvalue weighted by Crippen LogP contribution is 2.39. The largest absolute Gasteiger partial charge is 0.347 e. The number of hydrogen-bond donors (Lipinski definition) is 1. The molecule has 3 nitrogen and oxygen atoms in total. The highest BCUT2D eigenvalue weighted by atomic mass is 19.1. The molecule has 29 heavy (non-hydrogen) atoms. The molecule has 148 valence electrons. The highest BCUT2D eigenvalue weighted by molar-refractivity contribution is 5.97. The number of pyridine rings is 1. The van der Waals surface area contributed by atoms with Crippen LogP contribution in [0.15, 0.2) is 60.9 Å². The van der Waals surface area contributed by atoms with Crippen molar-refractivity contribution < 1.29 is 9.18 Å².